The van der Waals surface area contributed by atoms with Gasteiger partial charge in [0.2, 0.25) is 11.0 Å². The van der Waals surface area contributed by atoms with Crippen LogP contribution in [0.1, 0.15) is 13.3 Å². The number of aromatic nitrogens is 5. The summed E-state index contributed by atoms with van der Waals surface area (Å²) < 4.78 is 1.79. The first-order valence-corrected chi connectivity index (χ1v) is 9.07. The Morgan fingerprint density at radius 3 is 2.75 bits per heavy atom. The molecule has 9 heteroatoms. The summed E-state index contributed by atoms with van der Waals surface area (Å²) in [6.07, 6.45) is 2.29. The molecule has 2 aromatic heterocycles. The van der Waals surface area contributed by atoms with Crippen LogP contribution in [0.2, 0.25) is 0 Å². The first-order chi connectivity index (χ1) is 11.7. The summed E-state index contributed by atoms with van der Waals surface area (Å²) in [5.41, 5.74) is 0.982. The summed E-state index contributed by atoms with van der Waals surface area (Å²) in [5.74, 6) is -0.110. The van der Waals surface area contributed by atoms with E-state index in [1.54, 1.807) is 10.9 Å². The van der Waals surface area contributed by atoms with E-state index in [9.17, 15) is 4.79 Å². The largest absolute Gasteiger partial charge is 0.312 e. The Kier molecular flexibility index (Phi) is 5.21. The molecule has 3 rings (SSSR count). The van der Waals surface area contributed by atoms with Crippen LogP contribution in [0.15, 0.2) is 41.8 Å². The number of carbonyl (C=O) groups is 1. The number of carbonyl (C=O) groups excluding carboxylic acids is 1. The molecule has 24 heavy (non-hydrogen) atoms. The second-order valence-electron chi connectivity index (χ2n) is 5.01. The van der Waals surface area contributed by atoms with Crippen LogP contribution in [0.3, 0.4) is 0 Å². The average Bonchev–Trinajstić information content (AvgIpc) is 3.22. The molecule has 0 bridgehead atoms. The highest BCUT2D eigenvalue weighted by molar-refractivity contribution is 8.00. The molecule has 3 aromatic rings. The summed E-state index contributed by atoms with van der Waals surface area (Å²) in [6.45, 7) is 1.96. The number of anilines is 1. The normalized spacial score (nSPS) is 12.1. The molecule has 7 nitrogen and oxygen atoms in total. The van der Waals surface area contributed by atoms with Gasteiger partial charge in [-0.2, -0.15) is 0 Å². The van der Waals surface area contributed by atoms with Crippen molar-refractivity contribution in [1.29, 1.82) is 0 Å². The minimum atomic E-state index is -0.267. The maximum atomic E-state index is 12.5. The van der Waals surface area contributed by atoms with Crippen molar-refractivity contribution in [2.75, 3.05) is 5.32 Å². The zero-order valence-corrected chi connectivity index (χ0v) is 14.8. The van der Waals surface area contributed by atoms with Gasteiger partial charge in [-0.3, -0.25) is 10.1 Å². The highest BCUT2D eigenvalue weighted by Crippen LogP contribution is 2.28. The predicted molar refractivity (Wildman–Crippen MR) is 94.9 cm³/mol. The van der Waals surface area contributed by atoms with Crippen LogP contribution in [0, 0.1) is 0 Å². The predicted octanol–water partition coefficient (Wildman–Crippen LogP) is 2.84. The first-order valence-electron chi connectivity index (χ1n) is 7.37. The number of benzene rings is 1. The maximum absolute atomic E-state index is 12.5. The lowest BCUT2D eigenvalue weighted by Crippen LogP contribution is -2.24. The Morgan fingerprint density at radius 1 is 1.29 bits per heavy atom. The van der Waals surface area contributed by atoms with E-state index in [0.717, 1.165) is 10.6 Å². The number of aryl methyl sites for hydroxylation is 1. The first kappa shape index (κ1) is 16.6. The fourth-order valence-corrected chi connectivity index (χ4v) is 3.63. The number of hydrogen-bond acceptors (Lipinski definition) is 7. The number of amides is 1. The van der Waals surface area contributed by atoms with Gasteiger partial charge in [-0.15, -0.1) is 20.4 Å². The van der Waals surface area contributed by atoms with Crippen LogP contribution in [0.25, 0.3) is 10.6 Å². The lowest BCUT2D eigenvalue weighted by atomic mass is 10.2. The van der Waals surface area contributed by atoms with Crippen LogP contribution in [-0.2, 0) is 11.8 Å². The van der Waals surface area contributed by atoms with Gasteiger partial charge in [0.05, 0.1) is 5.25 Å². The van der Waals surface area contributed by atoms with E-state index < -0.39 is 0 Å². The maximum Gasteiger partial charge on any atom is 0.239 e. The third kappa shape index (κ3) is 3.80. The van der Waals surface area contributed by atoms with Crippen LogP contribution >= 0.6 is 23.1 Å². The lowest BCUT2D eigenvalue weighted by Gasteiger charge is -2.12. The van der Waals surface area contributed by atoms with E-state index in [2.05, 4.69) is 25.7 Å². The SMILES string of the molecule is CC[C@@H](Sc1nncn1C)C(=O)Nc1nnc(-c2ccccc2)s1. The van der Waals surface area contributed by atoms with Crippen LogP contribution in [-0.4, -0.2) is 36.1 Å². The Bertz CT molecular complexity index is 816. The topological polar surface area (TPSA) is 85.6 Å². The molecule has 0 spiro atoms. The number of thioether (sulfide) groups is 1. The summed E-state index contributed by atoms with van der Waals surface area (Å²) in [5, 5.41) is 20.6. The van der Waals surface area contributed by atoms with Crippen molar-refractivity contribution >= 4 is 34.1 Å². The van der Waals surface area contributed by atoms with E-state index in [-0.39, 0.29) is 11.2 Å². The molecule has 0 radical (unpaired) electrons. The van der Waals surface area contributed by atoms with Gasteiger partial charge >= 0.3 is 0 Å². The molecule has 0 saturated heterocycles. The summed E-state index contributed by atoms with van der Waals surface area (Å²) >= 11 is 2.74. The van der Waals surface area contributed by atoms with Gasteiger partial charge in [0.15, 0.2) is 5.16 Å². The molecule has 124 valence electrons. The van der Waals surface area contributed by atoms with Gasteiger partial charge in [0.25, 0.3) is 0 Å². The van der Waals surface area contributed by atoms with Gasteiger partial charge in [0, 0.05) is 12.6 Å². The van der Waals surface area contributed by atoms with Crippen molar-refractivity contribution in [2.45, 2.75) is 23.8 Å². The van der Waals surface area contributed by atoms with Crippen molar-refractivity contribution < 1.29 is 4.79 Å². The molecule has 2 heterocycles. The summed E-state index contributed by atoms with van der Waals surface area (Å²) in [7, 11) is 1.85. The molecule has 0 fully saturated rings. The van der Waals surface area contributed by atoms with E-state index in [1.807, 2.05) is 44.3 Å². The Labute approximate surface area is 147 Å². The number of hydrogen-bond donors (Lipinski definition) is 1. The molecule has 1 amide bonds. The van der Waals surface area contributed by atoms with Crippen LogP contribution in [0.4, 0.5) is 5.13 Å². The molecule has 0 aliphatic rings. The molecule has 0 saturated carbocycles. The molecule has 0 aliphatic heterocycles. The van der Waals surface area contributed by atoms with Crippen LogP contribution < -0.4 is 5.32 Å². The molecule has 0 aliphatic carbocycles. The standard InChI is InChI=1S/C15H16N6OS2/c1-3-11(23-15-20-16-9-21(15)2)12(22)17-14-19-18-13(24-14)10-7-5-4-6-8-10/h4-9,11H,3H2,1-2H3,(H,17,19,22)/t11-/m1/s1. The van der Waals surface area contributed by atoms with Crippen molar-refractivity contribution in [3.05, 3.63) is 36.7 Å². The average molecular weight is 360 g/mol. The Balaban J connectivity index is 1.67. The minimum Gasteiger partial charge on any atom is -0.312 e. The fourth-order valence-electron chi connectivity index (χ4n) is 1.99. The molecule has 0 unspecified atom stereocenters. The van der Waals surface area contributed by atoms with Crippen molar-refractivity contribution in [3.63, 3.8) is 0 Å². The Morgan fingerprint density at radius 2 is 2.08 bits per heavy atom. The van der Waals surface area contributed by atoms with Crippen molar-refractivity contribution in [1.82, 2.24) is 25.0 Å². The third-order valence-electron chi connectivity index (χ3n) is 3.26. The highest BCUT2D eigenvalue weighted by atomic mass is 32.2. The number of nitrogens with one attached hydrogen (secondary N) is 1. The van der Waals surface area contributed by atoms with E-state index >= 15 is 0 Å². The molecule has 1 aromatic carbocycles. The lowest BCUT2D eigenvalue weighted by molar-refractivity contribution is -0.115. The fraction of sp³-hybridized carbons (Fsp3) is 0.267. The van der Waals surface area contributed by atoms with Crippen LogP contribution in [0.5, 0.6) is 0 Å². The molecular formula is C15H16N6OS2. The second kappa shape index (κ2) is 7.54. The Hall–Kier alpha value is -2.26. The van der Waals surface area contributed by atoms with Gasteiger partial charge in [-0.05, 0) is 6.42 Å². The molecule has 1 atom stereocenters. The van der Waals surface area contributed by atoms with Gasteiger partial charge in [-0.1, -0.05) is 60.4 Å². The molecule has 1 N–H and O–H groups in total. The van der Waals surface area contributed by atoms with E-state index in [1.165, 1.54) is 23.1 Å². The third-order valence-corrected chi connectivity index (χ3v) is 5.56. The number of rotatable bonds is 6. The zero-order valence-electron chi connectivity index (χ0n) is 13.2. The minimum absolute atomic E-state index is 0.110. The van der Waals surface area contributed by atoms with Gasteiger partial charge < -0.3 is 4.57 Å². The smallest absolute Gasteiger partial charge is 0.239 e. The quantitative estimate of drug-likeness (QED) is 0.680. The zero-order chi connectivity index (χ0) is 16.9. The summed E-state index contributed by atoms with van der Waals surface area (Å²) in [6, 6.07) is 9.76. The van der Waals surface area contributed by atoms with E-state index in [4.69, 9.17) is 0 Å². The van der Waals surface area contributed by atoms with Crippen molar-refractivity contribution in [2.24, 2.45) is 7.05 Å². The van der Waals surface area contributed by atoms with E-state index in [0.29, 0.717) is 16.7 Å². The second-order valence-corrected chi connectivity index (χ2v) is 7.15. The van der Waals surface area contributed by atoms with Gasteiger partial charge in [-0.25, -0.2) is 0 Å². The molecular weight excluding hydrogens is 344 g/mol. The number of nitrogens with zero attached hydrogens (tertiary/aromatic N) is 5. The van der Waals surface area contributed by atoms with Crippen molar-refractivity contribution in [3.8, 4) is 10.6 Å². The summed E-state index contributed by atoms with van der Waals surface area (Å²) in [4.78, 5) is 12.5. The monoisotopic (exact) mass is 360 g/mol. The highest BCUT2D eigenvalue weighted by Gasteiger charge is 2.21. The van der Waals surface area contributed by atoms with Gasteiger partial charge in [0.1, 0.15) is 11.3 Å².